The summed E-state index contributed by atoms with van der Waals surface area (Å²) in [6.45, 7) is 2.10. The third kappa shape index (κ3) is 5.53. The fourth-order valence-electron chi connectivity index (χ4n) is 2.88. The fraction of sp³-hybridized carbons (Fsp3) is 0.500. The number of hydrogen-bond donors (Lipinski definition) is 5. The number of carbonyl (C=O) groups excluding carboxylic acids is 2. The first-order valence-corrected chi connectivity index (χ1v) is 8.67. The predicted molar refractivity (Wildman–Crippen MR) is 94.3 cm³/mol. The van der Waals surface area contributed by atoms with E-state index in [1.54, 1.807) is 24.3 Å². The number of amides is 2. The SMILES string of the molecule is C[C@@H](O)[C@H](NC(=O)[C@@H]1CCCN1)C(=O)N[C@@H](Cc1ccccc1)C(=O)O. The molecule has 26 heavy (non-hydrogen) atoms. The van der Waals surface area contributed by atoms with E-state index in [4.69, 9.17) is 0 Å². The van der Waals surface area contributed by atoms with Crippen LogP contribution in [0, 0.1) is 0 Å². The van der Waals surface area contributed by atoms with Crippen LogP contribution in [0.1, 0.15) is 25.3 Å². The van der Waals surface area contributed by atoms with Crippen molar-refractivity contribution < 1.29 is 24.6 Å². The van der Waals surface area contributed by atoms with Gasteiger partial charge in [-0.3, -0.25) is 9.59 Å². The van der Waals surface area contributed by atoms with Crippen LogP contribution in [0.25, 0.3) is 0 Å². The van der Waals surface area contributed by atoms with Crippen molar-refractivity contribution in [2.24, 2.45) is 0 Å². The summed E-state index contributed by atoms with van der Waals surface area (Å²) in [6.07, 6.45) is 0.464. The first kappa shape index (κ1) is 19.9. The van der Waals surface area contributed by atoms with Crippen molar-refractivity contribution in [1.82, 2.24) is 16.0 Å². The lowest BCUT2D eigenvalue weighted by molar-refractivity contribution is -0.142. The molecule has 0 bridgehead atoms. The molecule has 5 N–H and O–H groups in total. The highest BCUT2D eigenvalue weighted by Crippen LogP contribution is 2.07. The van der Waals surface area contributed by atoms with Gasteiger partial charge >= 0.3 is 5.97 Å². The van der Waals surface area contributed by atoms with E-state index in [0.717, 1.165) is 18.5 Å². The van der Waals surface area contributed by atoms with E-state index < -0.39 is 36.1 Å². The summed E-state index contributed by atoms with van der Waals surface area (Å²) in [5.41, 5.74) is 0.757. The van der Waals surface area contributed by atoms with Crippen molar-refractivity contribution in [2.45, 2.75) is 50.4 Å². The first-order chi connectivity index (χ1) is 12.4. The van der Waals surface area contributed by atoms with E-state index in [1.807, 2.05) is 6.07 Å². The number of aliphatic hydroxyl groups is 1. The number of carboxylic acids is 1. The van der Waals surface area contributed by atoms with Crippen molar-refractivity contribution in [1.29, 1.82) is 0 Å². The lowest BCUT2D eigenvalue weighted by atomic mass is 10.0. The number of nitrogens with one attached hydrogen (secondary N) is 3. The lowest BCUT2D eigenvalue weighted by Gasteiger charge is -2.24. The van der Waals surface area contributed by atoms with Crippen LogP contribution in [-0.4, -0.2) is 58.8 Å². The molecule has 1 aliphatic rings. The monoisotopic (exact) mass is 363 g/mol. The molecule has 0 unspecified atom stereocenters. The Bertz CT molecular complexity index is 629. The van der Waals surface area contributed by atoms with Crippen LogP contribution < -0.4 is 16.0 Å². The number of carbonyl (C=O) groups is 3. The maximum Gasteiger partial charge on any atom is 0.326 e. The third-order valence-electron chi connectivity index (χ3n) is 4.34. The smallest absolute Gasteiger partial charge is 0.326 e. The van der Waals surface area contributed by atoms with E-state index in [0.29, 0.717) is 6.42 Å². The standard InChI is InChI=1S/C18H25N3O5/c1-11(22)15(21-16(23)13-8-5-9-19-13)17(24)20-14(18(25)26)10-12-6-3-2-4-7-12/h2-4,6-7,11,13-15,19,22H,5,8-10H2,1H3,(H,20,24)(H,21,23)(H,25,26)/t11-,13+,14+,15+/m1/s1. The number of aliphatic hydroxyl groups excluding tert-OH is 1. The molecule has 0 spiro atoms. The summed E-state index contributed by atoms with van der Waals surface area (Å²) in [6, 6.07) is 6.13. The molecular formula is C18H25N3O5. The number of rotatable bonds is 8. The van der Waals surface area contributed by atoms with E-state index in [1.165, 1.54) is 6.92 Å². The Hall–Kier alpha value is -2.45. The van der Waals surface area contributed by atoms with Gasteiger partial charge in [0.2, 0.25) is 11.8 Å². The second-order valence-electron chi connectivity index (χ2n) is 6.46. The van der Waals surface area contributed by atoms with E-state index in [9.17, 15) is 24.6 Å². The summed E-state index contributed by atoms with van der Waals surface area (Å²) < 4.78 is 0. The van der Waals surface area contributed by atoms with Crippen LogP contribution in [-0.2, 0) is 20.8 Å². The fourth-order valence-corrected chi connectivity index (χ4v) is 2.88. The van der Waals surface area contributed by atoms with Crippen LogP contribution in [0.2, 0.25) is 0 Å². The van der Waals surface area contributed by atoms with E-state index in [-0.39, 0.29) is 12.3 Å². The summed E-state index contributed by atoms with van der Waals surface area (Å²) in [7, 11) is 0. The molecule has 2 rings (SSSR count). The molecule has 1 saturated heterocycles. The maximum atomic E-state index is 12.5. The van der Waals surface area contributed by atoms with Crippen LogP contribution in [0.5, 0.6) is 0 Å². The van der Waals surface area contributed by atoms with Gasteiger partial charge in [-0.2, -0.15) is 0 Å². The maximum absolute atomic E-state index is 12.5. The zero-order valence-corrected chi connectivity index (χ0v) is 14.6. The van der Waals surface area contributed by atoms with Gasteiger partial charge in [0.15, 0.2) is 0 Å². The summed E-state index contributed by atoms with van der Waals surface area (Å²) in [5, 5.41) is 27.2. The highest BCUT2D eigenvalue weighted by atomic mass is 16.4. The van der Waals surface area contributed by atoms with Gasteiger partial charge in [-0.25, -0.2) is 4.79 Å². The minimum absolute atomic E-state index is 0.104. The highest BCUT2D eigenvalue weighted by molar-refractivity contribution is 5.92. The summed E-state index contributed by atoms with van der Waals surface area (Å²) in [5.74, 6) is -2.29. The van der Waals surface area contributed by atoms with Gasteiger partial charge in [0.25, 0.3) is 0 Å². The van der Waals surface area contributed by atoms with Crippen molar-refractivity contribution in [2.75, 3.05) is 6.54 Å². The van der Waals surface area contributed by atoms with Gasteiger partial charge in [-0.05, 0) is 31.9 Å². The second kappa shape index (κ2) is 9.30. The first-order valence-electron chi connectivity index (χ1n) is 8.67. The Morgan fingerprint density at radius 2 is 1.92 bits per heavy atom. The molecule has 1 aromatic carbocycles. The van der Waals surface area contributed by atoms with Gasteiger partial charge in [0, 0.05) is 6.42 Å². The molecule has 1 aromatic rings. The average molecular weight is 363 g/mol. The van der Waals surface area contributed by atoms with Crippen molar-refractivity contribution in [3.8, 4) is 0 Å². The molecule has 1 fully saturated rings. The Morgan fingerprint density at radius 3 is 2.46 bits per heavy atom. The van der Waals surface area contributed by atoms with Gasteiger partial charge in [0.1, 0.15) is 12.1 Å². The Kier molecular flexibility index (Phi) is 7.11. The third-order valence-corrected chi connectivity index (χ3v) is 4.34. The molecule has 2 amide bonds. The zero-order valence-electron chi connectivity index (χ0n) is 14.6. The largest absolute Gasteiger partial charge is 0.480 e. The Morgan fingerprint density at radius 1 is 1.23 bits per heavy atom. The quantitative estimate of drug-likeness (QED) is 0.420. The van der Waals surface area contributed by atoms with Crippen molar-refractivity contribution in [3.05, 3.63) is 35.9 Å². The molecule has 0 aromatic heterocycles. The average Bonchev–Trinajstić information content (AvgIpc) is 3.14. The van der Waals surface area contributed by atoms with E-state index >= 15 is 0 Å². The van der Waals surface area contributed by atoms with Crippen LogP contribution >= 0.6 is 0 Å². The Balaban J connectivity index is 2.01. The topological polar surface area (TPSA) is 128 Å². The molecule has 0 aliphatic carbocycles. The second-order valence-corrected chi connectivity index (χ2v) is 6.46. The van der Waals surface area contributed by atoms with Crippen molar-refractivity contribution in [3.63, 3.8) is 0 Å². The number of aliphatic carboxylic acids is 1. The molecule has 8 nitrogen and oxygen atoms in total. The van der Waals surface area contributed by atoms with Gasteiger partial charge in [-0.15, -0.1) is 0 Å². The Labute approximate surface area is 152 Å². The molecule has 1 aliphatic heterocycles. The minimum atomic E-state index is -1.22. The summed E-state index contributed by atoms with van der Waals surface area (Å²) in [4.78, 5) is 36.2. The van der Waals surface area contributed by atoms with Crippen molar-refractivity contribution >= 4 is 17.8 Å². The number of hydrogen-bond acceptors (Lipinski definition) is 5. The number of benzene rings is 1. The molecule has 8 heteroatoms. The normalized spacial score (nSPS) is 20.0. The van der Waals surface area contributed by atoms with Crippen LogP contribution in [0.4, 0.5) is 0 Å². The molecule has 0 radical (unpaired) electrons. The highest BCUT2D eigenvalue weighted by Gasteiger charge is 2.32. The molecule has 4 atom stereocenters. The molecule has 142 valence electrons. The predicted octanol–water partition coefficient (Wildman–Crippen LogP) is -0.584. The molecular weight excluding hydrogens is 338 g/mol. The molecule has 0 saturated carbocycles. The van der Waals surface area contributed by atoms with Crippen LogP contribution in [0.3, 0.4) is 0 Å². The molecule has 1 heterocycles. The van der Waals surface area contributed by atoms with Gasteiger partial charge < -0.3 is 26.2 Å². The van der Waals surface area contributed by atoms with E-state index in [2.05, 4.69) is 16.0 Å². The van der Waals surface area contributed by atoms with Gasteiger partial charge in [0.05, 0.1) is 12.1 Å². The zero-order chi connectivity index (χ0) is 19.1. The summed E-state index contributed by atoms with van der Waals surface area (Å²) >= 11 is 0. The van der Waals surface area contributed by atoms with Crippen LogP contribution in [0.15, 0.2) is 30.3 Å². The van der Waals surface area contributed by atoms with Gasteiger partial charge in [-0.1, -0.05) is 30.3 Å². The lowest BCUT2D eigenvalue weighted by Crippen LogP contribution is -2.58. The number of carboxylic acid groups (broad SMARTS) is 1. The minimum Gasteiger partial charge on any atom is -0.480 e.